The Balaban J connectivity index is 2.04. The summed E-state index contributed by atoms with van der Waals surface area (Å²) in [6.45, 7) is 4.97. The van der Waals surface area contributed by atoms with Gasteiger partial charge in [0, 0.05) is 31.1 Å². The zero-order valence-corrected chi connectivity index (χ0v) is 10.4. The summed E-state index contributed by atoms with van der Waals surface area (Å²) in [7, 11) is 0. The fraction of sp³-hybridized carbons (Fsp3) is 0.357. The lowest BCUT2D eigenvalue weighted by Gasteiger charge is -2.33. The van der Waals surface area contributed by atoms with E-state index in [0.29, 0.717) is 6.04 Å². The number of pyridine rings is 1. The van der Waals surface area contributed by atoms with Crippen LogP contribution in [0.5, 0.6) is 0 Å². The van der Waals surface area contributed by atoms with Gasteiger partial charge in [0.2, 0.25) is 0 Å². The number of hydrogen-bond donors (Lipinski definition) is 2. The highest BCUT2D eigenvalue weighted by molar-refractivity contribution is 5.83. The largest absolute Gasteiger partial charge is 0.355 e. The molecule has 0 unspecified atom stereocenters. The first-order valence-corrected chi connectivity index (χ1v) is 6.34. The van der Waals surface area contributed by atoms with Crippen molar-refractivity contribution < 1.29 is 0 Å². The molecule has 4 nitrogen and oxygen atoms in total. The minimum Gasteiger partial charge on any atom is -0.355 e. The van der Waals surface area contributed by atoms with Crippen LogP contribution in [-0.2, 0) is 0 Å². The number of nitrogens with zero attached hydrogens (tertiary/aromatic N) is 1. The number of aromatic amines is 1. The van der Waals surface area contributed by atoms with E-state index in [2.05, 4.69) is 28.2 Å². The van der Waals surface area contributed by atoms with Crippen molar-refractivity contribution in [2.24, 2.45) is 0 Å². The number of nitrogens with one attached hydrogen (secondary N) is 2. The third kappa shape index (κ3) is 1.99. The summed E-state index contributed by atoms with van der Waals surface area (Å²) in [5.74, 6) is 0.923. The molecule has 0 aliphatic carbocycles. The van der Waals surface area contributed by atoms with Crippen LogP contribution < -0.4 is 15.8 Å². The van der Waals surface area contributed by atoms with Gasteiger partial charge in [0.1, 0.15) is 5.82 Å². The molecule has 1 fully saturated rings. The van der Waals surface area contributed by atoms with E-state index in [9.17, 15) is 4.79 Å². The van der Waals surface area contributed by atoms with Gasteiger partial charge in [-0.3, -0.25) is 4.79 Å². The van der Waals surface area contributed by atoms with Gasteiger partial charge in [-0.15, -0.1) is 0 Å². The highest BCUT2D eigenvalue weighted by Crippen LogP contribution is 2.17. The molecule has 1 atom stereocenters. The highest BCUT2D eigenvalue weighted by Gasteiger charge is 2.17. The van der Waals surface area contributed by atoms with Crippen molar-refractivity contribution in [3.63, 3.8) is 0 Å². The third-order valence-corrected chi connectivity index (χ3v) is 3.45. The van der Waals surface area contributed by atoms with Crippen LogP contribution in [0.2, 0.25) is 0 Å². The Labute approximate surface area is 106 Å². The van der Waals surface area contributed by atoms with Crippen LogP contribution in [0.1, 0.15) is 6.92 Å². The minimum atomic E-state index is -0.00529. The summed E-state index contributed by atoms with van der Waals surface area (Å²) < 4.78 is 0. The van der Waals surface area contributed by atoms with E-state index >= 15 is 0 Å². The maximum absolute atomic E-state index is 12.0. The average Bonchev–Trinajstić information content (AvgIpc) is 2.39. The smallest absolute Gasteiger partial charge is 0.257 e. The van der Waals surface area contributed by atoms with Crippen LogP contribution in [0.4, 0.5) is 5.82 Å². The lowest BCUT2D eigenvalue weighted by atomic mass is 10.1. The number of benzene rings is 1. The fourth-order valence-corrected chi connectivity index (χ4v) is 2.52. The normalized spacial score (nSPS) is 20.3. The van der Waals surface area contributed by atoms with E-state index in [-0.39, 0.29) is 5.56 Å². The molecule has 2 heterocycles. The molecule has 3 rings (SSSR count). The zero-order valence-electron chi connectivity index (χ0n) is 10.4. The van der Waals surface area contributed by atoms with Gasteiger partial charge >= 0.3 is 0 Å². The summed E-state index contributed by atoms with van der Waals surface area (Å²) in [5.41, 5.74) is -0.00529. The first-order chi connectivity index (χ1) is 8.74. The molecule has 4 heteroatoms. The standard InChI is InChI=1S/C14H17N3O/c1-10-9-17(7-6-15-10)13-8-11-4-2-3-5-12(11)14(18)16-13/h2-5,8,10,15H,6-7,9H2,1H3,(H,16,18)/t10-/m1/s1. The Bertz CT molecular complexity index is 620. The van der Waals surface area contributed by atoms with Gasteiger partial charge in [-0.25, -0.2) is 0 Å². The lowest BCUT2D eigenvalue weighted by Crippen LogP contribution is -2.49. The van der Waals surface area contributed by atoms with Crippen LogP contribution in [-0.4, -0.2) is 30.7 Å². The van der Waals surface area contributed by atoms with Crippen LogP contribution in [0, 0.1) is 0 Å². The second kappa shape index (κ2) is 4.46. The first-order valence-electron chi connectivity index (χ1n) is 6.34. The zero-order chi connectivity index (χ0) is 12.5. The van der Waals surface area contributed by atoms with Crippen LogP contribution >= 0.6 is 0 Å². The Morgan fingerprint density at radius 2 is 2.17 bits per heavy atom. The molecule has 1 aromatic carbocycles. The van der Waals surface area contributed by atoms with Gasteiger partial charge < -0.3 is 15.2 Å². The predicted octanol–water partition coefficient (Wildman–Crippen LogP) is 1.33. The molecule has 2 N–H and O–H groups in total. The molecule has 0 radical (unpaired) electrons. The van der Waals surface area contributed by atoms with E-state index in [0.717, 1.165) is 36.2 Å². The van der Waals surface area contributed by atoms with E-state index in [1.54, 1.807) is 0 Å². The number of aromatic nitrogens is 1. The topological polar surface area (TPSA) is 48.1 Å². The van der Waals surface area contributed by atoms with Gasteiger partial charge in [-0.05, 0) is 24.4 Å². The molecule has 0 saturated carbocycles. The Hall–Kier alpha value is -1.81. The summed E-state index contributed by atoms with van der Waals surface area (Å²) in [6.07, 6.45) is 0. The van der Waals surface area contributed by atoms with Crippen molar-refractivity contribution in [2.75, 3.05) is 24.5 Å². The van der Waals surface area contributed by atoms with Crippen molar-refractivity contribution in [1.82, 2.24) is 10.3 Å². The van der Waals surface area contributed by atoms with Crippen LogP contribution in [0.25, 0.3) is 10.8 Å². The molecule has 1 saturated heterocycles. The Morgan fingerprint density at radius 1 is 1.33 bits per heavy atom. The summed E-state index contributed by atoms with van der Waals surface area (Å²) >= 11 is 0. The Morgan fingerprint density at radius 3 is 3.00 bits per heavy atom. The van der Waals surface area contributed by atoms with E-state index < -0.39 is 0 Å². The van der Waals surface area contributed by atoms with E-state index in [1.807, 2.05) is 24.3 Å². The molecule has 0 bridgehead atoms. The third-order valence-electron chi connectivity index (χ3n) is 3.45. The Kier molecular flexibility index (Phi) is 2.80. The maximum atomic E-state index is 12.0. The second-order valence-electron chi connectivity index (χ2n) is 4.87. The van der Waals surface area contributed by atoms with Crippen molar-refractivity contribution in [3.8, 4) is 0 Å². The molecule has 2 aromatic rings. The number of H-pyrrole nitrogens is 1. The SMILES string of the molecule is C[C@@H]1CN(c2cc3ccccc3c(=O)[nH]2)CCN1. The molecule has 94 valence electrons. The maximum Gasteiger partial charge on any atom is 0.257 e. The monoisotopic (exact) mass is 243 g/mol. The molecule has 0 spiro atoms. The molecule has 18 heavy (non-hydrogen) atoms. The van der Waals surface area contributed by atoms with Gasteiger partial charge in [0.05, 0.1) is 0 Å². The number of rotatable bonds is 1. The summed E-state index contributed by atoms with van der Waals surface area (Å²) in [6, 6.07) is 10.2. The van der Waals surface area contributed by atoms with E-state index in [4.69, 9.17) is 0 Å². The quantitative estimate of drug-likeness (QED) is 0.794. The number of hydrogen-bond acceptors (Lipinski definition) is 3. The number of fused-ring (bicyclic) bond motifs is 1. The van der Waals surface area contributed by atoms with E-state index in [1.165, 1.54) is 0 Å². The highest BCUT2D eigenvalue weighted by atomic mass is 16.1. The minimum absolute atomic E-state index is 0.00529. The molecular weight excluding hydrogens is 226 g/mol. The van der Waals surface area contributed by atoms with Crippen LogP contribution in [0.3, 0.4) is 0 Å². The predicted molar refractivity (Wildman–Crippen MR) is 74.2 cm³/mol. The summed E-state index contributed by atoms with van der Waals surface area (Å²) in [4.78, 5) is 17.2. The van der Waals surface area contributed by atoms with Crippen molar-refractivity contribution in [2.45, 2.75) is 13.0 Å². The summed E-state index contributed by atoms with van der Waals surface area (Å²) in [5, 5.41) is 5.16. The number of piperazine rings is 1. The first kappa shape index (κ1) is 11.3. The molecule has 1 aliphatic rings. The van der Waals surface area contributed by atoms with Gasteiger partial charge in [-0.1, -0.05) is 18.2 Å². The van der Waals surface area contributed by atoms with Crippen molar-refractivity contribution >= 4 is 16.6 Å². The van der Waals surface area contributed by atoms with Gasteiger partial charge in [0.15, 0.2) is 0 Å². The van der Waals surface area contributed by atoms with Crippen LogP contribution in [0.15, 0.2) is 35.1 Å². The second-order valence-corrected chi connectivity index (χ2v) is 4.87. The molecule has 1 aromatic heterocycles. The lowest BCUT2D eigenvalue weighted by molar-refractivity contribution is 0.482. The number of anilines is 1. The molecule has 0 amide bonds. The van der Waals surface area contributed by atoms with Gasteiger partial charge in [0.25, 0.3) is 5.56 Å². The average molecular weight is 243 g/mol. The fourth-order valence-electron chi connectivity index (χ4n) is 2.52. The van der Waals surface area contributed by atoms with Crippen molar-refractivity contribution in [1.29, 1.82) is 0 Å². The van der Waals surface area contributed by atoms with Crippen molar-refractivity contribution in [3.05, 3.63) is 40.7 Å². The molecular formula is C14H17N3O. The van der Waals surface area contributed by atoms with Gasteiger partial charge in [-0.2, -0.15) is 0 Å². The molecule has 1 aliphatic heterocycles.